The molecular formula is C17H14N4O2S. The first-order valence-corrected chi connectivity index (χ1v) is 8.24. The summed E-state index contributed by atoms with van der Waals surface area (Å²) in [4.78, 5) is 4.34. The Kier molecular flexibility index (Phi) is 3.84. The van der Waals surface area contributed by atoms with Crippen LogP contribution in [0.1, 0.15) is 5.76 Å². The highest BCUT2D eigenvalue weighted by Crippen LogP contribution is 2.31. The molecule has 0 aliphatic heterocycles. The van der Waals surface area contributed by atoms with Gasteiger partial charge >= 0.3 is 0 Å². The molecule has 4 aromatic rings. The third kappa shape index (κ3) is 2.93. The van der Waals surface area contributed by atoms with Crippen molar-refractivity contribution in [2.75, 3.05) is 0 Å². The van der Waals surface area contributed by atoms with Crippen molar-refractivity contribution in [1.29, 1.82) is 0 Å². The van der Waals surface area contributed by atoms with Gasteiger partial charge in [-0.05, 0) is 12.1 Å². The van der Waals surface area contributed by atoms with E-state index in [1.165, 1.54) is 0 Å². The zero-order valence-electron chi connectivity index (χ0n) is 12.9. The van der Waals surface area contributed by atoms with E-state index >= 15 is 0 Å². The molecule has 0 aliphatic rings. The van der Waals surface area contributed by atoms with E-state index in [0.29, 0.717) is 12.4 Å². The van der Waals surface area contributed by atoms with Crippen molar-refractivity contribution >= 4 is 11.3 Å². The van der Waals surface area contributed by atoms with Crippen LogP contribution in [-0.2, 0) is 13.7 Å². The first-order chi connectivity index (χ1) is 11.8. The number of hydrogen-bond donors (Lipinski definition) is 0. The van der Waals surface area contributed by atoms with Crippen LogP contribution >= 0.6 is 11.3 Å². The molecule has 0 bridgehead atoms. The second-order valence-corrected chi connectivity index (χ2v) is 6.10. The zero-order valence-corrected chi connectivity index (χ0v) is 13.7. The molecule has 24 heavy (non-hydrogen) atoms. The van der Waals surface area contributed by atoms with Crippen molar-refractivity contribution in [2.24, 2.45) is 7.05 Å². The normalized spacial score (nSPS) is 10.9. The average molecular weight is 338 g/mol. The maximum absolute atomic E-state index is 5.91. The molecule has 7 heteroatoms. The standard InChI is InChI=1S/C17H14N4O2S/c1-21-10-12(9-19-21)15-8-13(23-20-15)11-22-16-5-3-2-4-14(16)17-18-6-7-24-17/h2-10H,11H2,1H3. The molecule has 0 saturated carbocycles. The van der Waals surface area contributed by atoms with Crippen LogP contribution in [0.3, 0.4) is 0 Å². The number of thiazole rings is 1. The first kappa shape index (κ1) is 14.6. The van der Waals surface area contributed by atoms with E-state index in [-0.39, 0.29) is 0 Å². The molecule has 0 N–H and O–H groups in total. The van der Waals surface area contributed by atoms with Crippen molar-refractivity contribution in [2.45, 2.75) is 6.61 Å². The van der Waals surface area contributed by atoms with Crippen LogP contribution in [0.5, 0.6) is 5.75 Å². The second-order valence-electron chi connectivity index (χ2n) is 5.20. The molecule has 0 saturated heterocycles. The van der Waals surface area contributed by atoms with Gasteiger partial charge in [0.2, 0.25) is 0 Å². The third-order valence-corrected chi connectivity index (χ3v) is 4.29. The highest BCUT2D eigenvalue weighted by molar-refractivity contribution is 7.13. The quantitative estimate of drug-likeness (QED) is 0.554. The summed E-state index contributed by atoms with van der Waals surface area (Å²) in [6.45, 7) is 0.301. The summed E-state index contributed by atoms with van der Waals surface area (Å²) in [6, 6.07) is 9.69. The highest BCUT2D eigenvalue weighted by atomic mass is 32.1. The molecule has 120 valence electrons. The Morgan fingerprint density at radius 3 is 3.00 bits per heavy atom. The molecule has 3 aromatic heterocycles. The van der Waals surface area contributed by atoms with Crippen molar-refractivity contribution in [1.82, 2.24) is 19.9 Å². The topological polar surface area (TPSA) is 66.0 Å². The van der Waals surface area contributed by atoms with Gasteiger partial charge in [-0.25, -0.2) is 4.98 Å². The van der Waals surface area contributed by atoms with Gasteiger partial charge in [0.25, 0.3) is 0 Å². The molecule has 0 spiro atoms. The van der Waals surface area contributed by atoms with Gasteiger partial charge in [0.15, 0.2) is 5.76 Å². The number of nitrogens with zero attached hydrogens (tertiary/aromatic N) is 4. The summed E-state index contributed by atoms with van der Waals surface area (Å²) in [5.74, 6) is 1.43. The maximum atomic E-state index is 5.91. The molecule has 6 nitrogen and oxygen atoms in total. The predicted octanol–water partition coefficient (Wildman–Crippen LogP) is 3.78. The van der Waals surface area contributed by atoms with Crippen molar-refractivity contribution in [3.8, 4) is 27.6 Å². The van der Waals surface area contributed by atoms with Gasteiger partial charge in [-0.3, -0.25) is 4.68 Å². The molecule has 0 aliphatic carbocycles. The minimum atomic E-state index is 0.301. The van der Waals surface area contributed by atoms with E-state index in [4.69, 9.17) is 9.26 Å². The number of aromatic nitrogens is 4. The first-order valence-electron chi connectivity index (χ1n) is 7.36. The van der Waals surface area contributed by atoms with E-state index < -0.39 is 0 Å². The molecule has 0 fully saturated rings. The predicted molar refractivity (Wildman–Crippen MR) is 90.6 cm³/mol. The number of rotatable bonds is 5. The summed E-state index contributed by atoms with van der Waals surface area (Å²) >= 11 is 1.58. The number of hydrogen-bond acceptors (Lipinski definition) is 6. The monoisotopic (exact) mass is 338 g/mol. The van der Waals surface area contributed by atoms with Crippen molar-refractivity contribution < 1.29 is 9.26 Å². The van der Waals surface area contributed by atoms with Gasteiger partial charge < -0.3 is 9.26 Å². The number of para-hydroxylation sites is 1. The molecule has 0 unspecified atom stereocenters. The third-order valence-electron chi connectivity index (χ3n) is 3.48. The molecule has 1 aromatic carbocycles. The van der Waals surface area contributed by atoms with E-state index in [1.54, 1.807) is 28.4 Å². The Labute approximate surface area is 142 Å². The lowest BCUT2D eigenvalue weighted by Crippen LogP contribution is -1.95. The lowest BCUT2D eigenvalue weighted by atomic mass is 10.2. The SMILES string of the molecule is Cn1cc(-c2cc(COc3ccccc3-c3nccs3)on2)cn1. The molecule has 4 rings (SSSR count). The number of benzene rings is 1. The molecular weight excluding hydrogens is 324 g/mol. The Morgan fingerprint density at radius 2 is 2.21 bits per heavy atom. The van der Waals surface area contributed by atoms with E-state index in [0.717, 1.165) is 27.6 Å². The average Bonchev–Trinajstić information content (AvgIpc) is 3.34. The highest BCUT2D eigenvalue weighted by Gasteiger charge is 2.11. The van der Waals surface area contributed by atoms with Crippen LogP contribution < -0.4 is 4.74 Å². The van der Waals surface area contributed by atoms with Crippen LogP contribution in [0.2, 0.25) is 0 Å². The Morgan fingerprint density at radius 1 is 1.29 bits per heavy atom. The largest absolute Gasteiger partial charge is 0.485 e. The van der Waals surface area contributed by atoms with Crippen LogP contribution in [0, 0.1) is 0 Å². The van der Waals surface area contributed by atoms with Gasteiger partial charge in [-0.15, -0.1) is 11.3 Å². The summed E-state index contributed by atoms with van der Waals surface area (Å²) in [5.41, 5.74) is 2.63. The van der Waals surface area contributed by atoms with E-state index in [1.807, 2.05) is 49.0 Å². The van der Waals surface area contributed by atoms with Crippen LogP contribution in [-0.4, -0.2) is 19.9 Å². The van der Waals surface area contributed by atoms with Gasteiger partial charge in [0.05, 0.1) is 11.8 Å². The van der Waals surface area contributed by atoms with Crippen LogP contribution in [0.25, 0.3) is 21.8 Å². The number of aryl methyl sites for hydroxylation is 1. The second kappa shape index (κ2) is 6.29. The lowest BCUT2D eigenvalue weighted by Gasteiger charge is -2.07. The van der Waals surface area contributed by atoms with Gasteiger partial charge in [-0.1, -0.05) is 17.3 Å². The Bertz CT molecular complexity index is 943. The van der Waals surface area contributed by atoms with Crippen LogP contribution in [0.15, 0.2) is 58.8 Å². The van der Waals surface area contributed by atoms with Gasteiger partial charge in [-0.2, -0.15) is 5.10 Å². The van der Waals surface area contributed by atoms with Gasteiger partial charge in [0, 0.05) is 36.5 Å². The summed E-state index contributed by atoms with van der Waals surface area (Å²) in [6.07, 6.45) is 5.42. The summed E-state index contributed by atoms with van der Waals surface area (Å²) in [7, 11) is 1.86. The minimum Gasteiger partial charge on any atom is -0.485 e. The Balaban J connectivity index is 1.51. The summed E-state index contributed by atoms with van der Waals surface area (Å²) < 4.78 is 13.0. The Hall–Kier alpha value is -2.93. The lowest BCUT2D eigenvalue weighted by molar-refractivity contribution is 0.250. The van der Waals surface area contributed by atoms with E-state index in [2.05, 4.69) is 15.2 Å². The fraction of sp³-hybridized carbons (Fsp3) is 0.118. The van der Waals surface area contributed by atoms with Crippen LogP contribution in [0.4, 0.5) is 0 Å². The van der Waals surface area contributed by atoms with Crippen molar-refractivity contribution in [3.63, 3.8) is 0 Å². The molecule has 3 heterocycles. The molecule has 0 amide bonds. The molecule has 0 radical (unpaired) electrons. The van der Waals surface area contributed by atoms with E-state index in [9.17, 15) is 0 Å². The van der Waals surface area contributed by atoms with Gasteiger partial charge in [0.1, 0.15) is 23.1 Å². The van der Waals surface area contributed by atoms with Crippen molar-refractivity contribution in [3.05, 3.63) is 60.1 Å². The zero-order chi connectivity index (χ0) is 16.4. The smallest absolute Gasteiger partial charge is 0.174 e. The minimum absolute atomic E-state index is 0.301. The fourth-order valence-corrected chi connectivity index (χ4v) is 3.01. The maximum Gasteiger partial charge on any atom is 0.174 e. The number of ether oxygens (including phenoxy) is 1. The summed E-state index contributed by atoms with van der Waals surface area (Å²) in [5, 5.41) is 11.1. The molecule has 0 atom stereocenters. The fourth-order valence-electron chi connectivity index (χ4n) is 2.35.